The Labute approximate surface area is 197 Å². The second kappa shape index (κ2) is 7.37. The van der Waals surface area contributed by atoms with E-state index in [9.17, 15) is 28.0 Å². The number of Topliss-reactive ketones (excluding diaryl/α,β-unsaturated/α-hetero) is 1. The highest BCUT2D eigenvalue weighted by Gasteiger charge is 2.60. The van der Waals surface area contributed by atoms with Crippen molar-refractivity contribution in [3.63, 3.8) is 0 Å². The van der Waals surface area contributed by atoms with Crippen molar-refractivity contribution in [1.29, 1.82) is 5.26 Å². The average molecular weight is 485 g/mol. The number of carbonyl (C=O) groups excluding carboxylic acids is 2. The van der Waals surface area contributed by atoms with Gasteiger partial charge in [0.05, 0.1) is 21.8 Å². The summed E-state index contributed by atoms with van der Waals surface area (Å²) in [6, 6.07) is 11.4. The first kappa shape index (κ1) is 22.0. The number of amides is 1. The molecular formula is C24H16ClF3N4O2. The van der Waals surface area contributed by atoms with E-state index in [-0.39, 0.29) is 52.0 Å². The Balaban J connectivity index is 1.87. The molecule has 0 saturated carbocycles. The third-order valence-electron chi connectivity index (χ3n) is 6.45. The Morgan fingerprint density at radius 2 is 1.88 bits per heavy atom. The Morgan fingerprint density at radius 3 is 2.59 bits per heavy atom. The van der Waals surface area contributed by atoms with E-state index >= 15 is 0 Å². The van der Waals surface area contributed by atoms with Crippen molar-refractivity contribution < 1.29 is 22.8 Å². The van der Waals surface area contributed by atoms with Gasteiger partial charge in [-0.2, -0.15) is 18.4 Å². The van der Waals surface area contributed by atoms with Gasteiger partial charge >= 0.3 is 6.18 Å². The number of benzene rings is 2. The molecule has 0 aromatic heterocycles. The number of para-hydroxylation sites is 1. The fraction of sp³-hybridized carbons (Fsp3) is 0.208. The molecule has 5 rings (SSSR count). The van der Waals surface area contributed by atoms with Crippen molar-refractivity contribution in [3.05, 3.63) is 81.3 Å². The molecule has 172 valence electrons. The Hall–Kier alpha value is -3.77. The summed E-state index contributed by atoms with van der Waals surface area (Å²) in [6.45, 7) is 0. The van der Waals surface area contributed by atoms with Crippen LogP contribution in [0.4, 0.5) is 24.5 Å². The van der Waals surface area contributed by atoms with Crippen LogP contribution >= 0.6 is 11.6 Å². The van der Waals surface area contributed by atoms with Gasteiger partial charge in [0.15, 0.2) is 5.78 Å². The number of nitrogens with zero attached hydrogens (tertiary/aromatic N) is 2. The number of nitrogens with one attached hydrogen (secondary N) is 1. The normalized spacial score (nSPS) is 22.0. The first-order chi connectivity index (χ1) is 16.1. The maximum atomic E-state index is 13.5. The molecule has 10 heteroatoms. The third-order valence-corrected chi connectivity index (χ3v) is 6.77. The molecule has 1 atom stereocenters. The summed E-state index contributed by atoms with van der Waals surface area (Å²) in [4.78, 5) is 28.1. The van der Waals surface area contributed by atoms with E-state index in [4.69, 9.17) is 17.3 Å². The fourth-order valence-corrected chi connectivity index (χ4v) is 5.28. The Kier molecular flexibility index (Phi) is 4.78. The predicted octanol–water partition coefficient (Wildman–Crippen LogP) is 4.77. The Bertz CT molecular complexity index is 1390. The summed E-state index contributed by atoms with van der Waals surface area (Å²) in [7, 11) is 0. The zero-order chi connectivity index (χ0) is 24.4. The van der Waals surface area contributed by atoms with Crippen LogP contribution in [0.5, 0.6) is 0 Å². The molecule has 3 aliphatic rings. The summed E-state index contributed by atoms with van der Waals surface area (Å²) in [6.07, 6.45) is -3.88. The van der Waals surface area contributed by atoms with Crippen LogP contribution in [0.25, 0.3) is 0 Å². The van der Waals surface area contributed by atoms with Crippen molar-refractivity contribution >= 4 is 34.7 Å². The molecule has 1 aliphatic carbocycles. The van der Waals surface area contributed by atoms with Gasteiger partial charge < -0.3 is 11.1 Å². The van der Waals surface area contributed by atoms with Crippen molar-refractivity contribution in [2.75, 3.05) is 10.2 Å². The zero-order valence-corrected chi connectivity index (χ0v) is 18.2. The van der Waals surface area contributed by atoms with Gasteiger partial charge in [0.2, 0.25) is 5.91 Å². The molecule has 0 saturated heterocycles. The van der Waals surface area contributed by atoms with Crippen LogP contribution in [-0.4, -0.2) is 11.7 Å². The van der Waals surface area contributed by atoms with E-state index in [1.807, 2.05) is 6.07 Å². The molecule has 0 bridgehead atoms. The first-order valence-corrected chi connectivity index (χ1v) is 10.7. The molecule has 0 radical (unpaired) electrons. The lowest BCUT2D eigenvalue weighted by Crippen LogP contribution is -2.50. The van der Waals surface area contributed by atoms with Gasteiger partial charge in [-0.05, 0) is 37.1 Å². The quantitative estimate of drug-likeness (QED) is 0.607. The molecule has 6 nitrogen and oxygen atoms in total. The number of halogens is 4. The number of hydrogen-bond donors (Lipinski definition) is 2. The number of alkyl halides is 3. The molecule has 1 spiro atoms. The number of rotatable bonds is 1. The number of nitriles is 1. The molecule has 2 aromatic carbocycles. The number of allylic oxidation sites excluding steroid dienone is 1. The van der Waals surface area contributed by atoms with Crippen molar-refractivity contribution in [2.45, 2.75) is 30.9 Å². The lowest BCUT2D eigenvalue weighted by molar-refractivity contribution is -0.137. The number of fused-ring (bicyclic) bond motifs is 3. The molecule has 0 unspecified atom stereocenters. The van der Waals surface area contributed by atoms with Gasteiger partial charge in [-0.15, -0.1) is 0 Å². The topological polar surface area (TPSA) is 99.2 Å². The zero-order valence-electron chi connectivity index (χ0n) is 17.5. The lowest BCUT2D eigenvalue weighted by atomic mass is 9.64. The molecule has 34 heavy (non-hydrogen) atoms. The van der Waals surface area contributed by atoms with Crippen LogP contribution < -0.4 is 16.0 Å². The average Bonchev–Trinajstić information content (AvgIpc) is 3.07. The molecule has 2 aromatic rings. The van der Waals surface area contributed by atoms with Gasteiger partial charge in [-0.25, -0.2) is 0 Å². The molecule has 3 N–H and O–H groups in total. The number of anilines is 2. The minimum Gasteiger partial charge on any atom is -0.384 e. The first-order valence-electron chi connectivity index (χ1n) is 10.4. The van der Waals surface area contributed by atoms with Gasteiger partial charge in [0.25, 0.3) is 0 Å². The summed E-state index contributed by atoms with van der Waals surface area (Å²) < 4.78 is 40.4. The standard InChI is InChI=1S/C24H16ClF3N4O2/c25-15-9-8-12(24(26,27)28)10-18(15)32-17-6-3-7-19(33)20(17)23(14(11-29)21(32)30)13-4-1-2-5-16(13)31-22(23)34/h1-2,4-5,8-10H,3,6-7,30H2,(H,31,34)/t23-/m1/s1. The highest BCUT2D eigenvalue weighted by Crippen LogP contribution is 2.55. The monoisotopic (exact) mass is 484 g/mol. The van der Waals surface area contributed by atoms with E-state index in [1.54, 1.807) is 24.3 Å². The molecule has 0 fully saturated rings. The Morgan fingerprint density at radius 1 is 1.15 bits per heavy atom. The summed E-state index contributed by atoms with van der Waals surface area (Å²) in [5.41, 5.74) is 4.47. The SMILES string of the molecule is N#CC1=C(N)N(c2cc(C(F)(F)F)ccc2Cl)C2=C(C(=O)CCC2)[C@]12C(=O)Nc1ccccc12. The van der Waals surface area contributed by atoms with E-state index in [1.165, 1.54) is 4.90 Å². The second-order valence-corrected chi connectivity index (χ2v) is 8.63. The minimum atomic E-state index is -4.66. The summed E-state index contributed by atoms with van der Waals surface area (Å²) in [5, 5.41) is 12.9. The highest BCUT2D eigenvalue weighted by atomic mass is 35.5. The number of carbonyl (C=O) groups is 2. The highest BCUT2D eigenvalue weighted by molar-refractivity contribution is 6.33. The fourth-order valence-electron chi connectivity index (χ4n) is 5.08. The van der Waals surface area contributed by atoms with Gasteiger partial charge in [0.1, 0.15) is 17.3 Å². The third kappa shape index (κ3) is 2.82. The van der Waals surface area contributed by atoms with Crippen LogP contribution in [0.1, 0.15) is 30.4 Å². The van der Waals surface area contributed by atoms with E-state index in [0.717, 1.165) is 18.2 Å². The smallest absolute Gasteiger partial charge is 0.384 e. The number of ketones is 1. The van der Waals surface area contributed by atoms with Crippen molar-refractivity contribution in [3.8, 4) is 6.07 Å². The van der Waals surface area contributed by atoms with E-state index < -0.39 is 23.1 Å². The lowest BCUT2D eigenvalue weighted by Gasteiger charge is -2.43. The van der Waals surface area contributed by atoms with E-state index in [0.29, 0.717) is 17.7 Å². The maximum absolute atomic E-state index is 13.5. The van der Waals surface area contributed by atoms with Gasteiger partial charge in [0, 0.05) is 28.9 Å². The van der Waals surface area contributed by atoms with Crippen molar-refractivity contribution in [2.24, 2.45) is 5.73 Å². The van der Waals surface area contributed by atoms with Crippen LogP contribution in [0.15, 0.2) is 65.1 Å². The predicted molar refractivity (Wildman–Crippen MR) is 118 cm³/mol. The number of nitrogens with two attached hydrogens (primary N) is 1. The van der Waals surface area contributed by atoms with Crippen LogP contribution in [-0.2, 0) is 21.2 Å². The largest absolute Gasteiger partial charge is 0.416 e. The summed E-state index contributed by atoms with van der Waals surface area (Å²) >= 11 is 6.31. The van der Waals surface area contributed by atoms with Crippen LogP contribution in [0, 0.1) is 11.3 Å². The van der Waals surface area contributed by atoms with Gasteiger partial charge in [-0.1, -0.05) is 29.8 Å². The maximum Gasteiger partial charge on any atom is 0.416 e. The van der Waals surface area contributed by atoms with Crippen LogP contribution in [0.2, 0.25) is 5.02 Å². The summed E-state index contributed by atoms with van der Waals surface area (Å²) in [5.74, 6) is -1.23. The second-order valence-electron chi connectivity index (χ2n) is 8.22. The number of hydrogen-bond acceptors (Lipinski definition) is 5. The van der Waals surface area contributed by atoms with Gasteiger partial charge in [-0.3, -0.25) is 14.5 Å². The van der Waals surface area contributed by atoms with Crippen LogP contribution in [0.3, 0.4) is 0 Å². The molecule has 1 amide bonds. The molecule has 2 aliphatic heterocycles. The van der Waals surface area contributed by atoms with Crippen molar-refractivity contribution in [1.82, 2.24) is 0 Å². The minimum absolute atomic E-state index is 0.0421. The molecular weight excluding hydrogens is 469 g/mol. The molecule has 2 heterocycles. The van der Waals surface area contributed by atoms with E-state index in [2.05, 4.69) is 5.32 Å².